The molecule has 0 aliphatic rings. The van der Waals surface area contributed by atoms with Gasteiger partial charge in [-0.15, -0.1) is 11.3 Å². The first kappa shape index (κ1) is 11.7. The van der Waals surface area contributed by atoms with Crippen LogP contribution in [0.3, 0.4) is 0 Å². The first-order valence-corrected chi connectivity index (χ1v) is 7.12. The van der Waals surface area contributed by atoms with E-state index in [1.54, 1.807) is 11.3 Å². The molecule has 2 aromatic heterocycles. The first-order valence-electron chi connectivity index (χ1n) is 5.16. The number of rotatable bonds is 2. The second-order valence-corrected chi connectivity index (χ2v) is 6.49. The molecular weight excluding hydrogens is 361 g/mol. The van der Waals surface area contributed by atoms with Gasteiger partial charge in [0.25, 0.3) is 5.89 Å². The van der Waals surface area contributed by atoms with E-state index >= 15 is 0 Å². The Hall–Kier alpha value is -1.41. The summed E-state index contributed by atoms with van der Waals surface area (Å²) in [7, 11) is 0. The Morgan fingerprint density at radius 1 is 1.22 bits per heavy atom. The number of anilines is 1. The molecule has 4 nitrogen and oxygen atoms in total. The third-order valence-corrected chi connectivity index (χ3v) is 4.17. The van der Waals surface area contributed by atoms with Crippen LogP contribution in [0.2, 0.25) is 0 Å². The fourth-order valence-corrected chi connectivity index (χ4v) is 2.88. The standard InChI is InChI=1S/C12H8IN3OS/c13-10-5-8(6-18-10)12-15-11(16-17-12)7-2-1-3-9(14)4-7/h1-6H,14H2. The maximum absolute atomic E-state index is 5.73. The third kappa shape index (κ3) is 2.25. The predicted octanol–water partition coefficient (Wildman–Crippen LogP) is 3.65. The molecule has 0 aliphatic carbocycles. The van der Waals surface area contributed by atoms with Crippen molar-refractivity contribution in [2.75, 3.05) is 5.73 Å². The third-order valence-electron chi connectivity index (χ3n) is 2.39. The van der Waals surface area contributed by atoms with E-state index in [4.69, 9.17) is 10.3 Å². The van der Waals surface area contributed by atoms with Crippen LogP contribution in [0.5, 0.6) is 0 Å². The van der Waals surface area contributed by atoms with Gasteiger partial charge in [-0.05, 0) is 40.8 Å². The highest BCUT2D eigenvalue weighted by molar-refractivity contribution is 14.1. The smallest absolute Gasteiger partial charge is 0.259 e. The van der Waals surface area contributed by atoms with E-state index in [1.165, 1.54) is 2.88 Å². The van der Waals surface area contributed by atoms with Crippen molar-refractivity contribution >= 4 is 39.6 Å². The first-order chi connectivity index (χ1) is 8.72. The van der Waals surface area contributed by atoms with Crippen LogP contribution in [0.25, 0.3) is 22.8 Å². The van der Waals surface area contributed by atoms with Crippen LogP contribution >= 0.6 is 33.9 Å². The predicted molar refractivity (Wildman–Crippen MR) is 80.2 cm³/mol. The van der Waals surface area contributed by atoms with E-state index in [0.717, 1.165) is 11.1 Å². The molecule has 90 valence electrons. The van der Waals surface area contributed by atoms with Gasteiger partial charge in [-0.1, -0.05) is 17.3 Å². The van der Waals surface area contributed by atoms with Gasteiger partial charge in [0.2, 0.25) is 5.82 Å². The molecule has 3 rings (SSSR count). The zero-order chi connectivity index (χ0) is 12.5. The van der Waals surface area contributed by atoms with E-state index < -0.39 is 0 Å². The minimum absolute atomic E-state index is 0.534. The van der Waals surface area contributed by atoms with Gasteiger partial charge in [0.1, 0.15) is 0 Å². The zero-order valence-electron chi connectivity index (χ0n) is 9.13. The highest BCUT2D eigenvalue weighted by atomic mass is 127. The molecule has 0 saturated carbocycles. The van der Waals surface area contributed by atoms with Crippen LogP contribution in [-0.4, -0.2) is 10.1 Å². The normalized spacial score (nSPS) is 10.7. The van der Waals surface area contributed by atoms with Gasteiger partial charge < -0.3 is 10.3 Å². The molecule has 2 heterocycles. The summed E-state index contributed by atoms with van der Waals surface area (Å²) in [5.74, 6) is 1.09. The van der Waals surface area contributed by atoms with Crippen LogP contribution in [0.4, 0.5) is 5.69 Å². The van der Waals surface area contributed by atoms with Gasteiger partial charge >= 0.3 is 0 Å². The van der Waals surface area contributed by atoms with E-state index in [9.17, 15) is 0 Å². The maximum atomic E-state index is 5.73. The molecule has 3 aromatic rings. The fraction of sp³-hybridized carbons (Fsp3) is 0. The topological polar surface area (TPSA) is 64.9 Å². The summed E-state index contributed by atoms with van der Waals surface area (Å²) in [6.07, 6.45) is 0. The number of hydrogen-bond acceptors (Lipinski definition) is 5. The Kier molecular flexibility index (Phi) is 3.04. The molecule has 0 unspecified atom stereocenters. The molecular formula is C12H8IN3OS. The summed E-state index contributed by atoms with van der Waals surface area (Å²) in [4.78, 5) is 4.38. The Labute approximate surface area is 121 Å². The average Bonchev–Trinajstić information content (AvgIpc) is 2.97. The van der Waals surface area contributed by atoms with Gasteiger partial charge in [-0.2, -0.15) is 4.98 Å². The number of benzene rings is 1. The molecule has 0 radical (unpaired) electrons. The Balaban J connectivity index is 1.99. The van der Waals surface area contributed by atoms with E-state index in [-0.39, 0.29) is 0 Å². The number of nitrogens with zero attached hydrogens (tertiary/aromatic N) is 2. The van der Waals surface area contributed by atoms with Crippen molar-refractivity contribution in [2.45, 2.75) is 0 Å². The highest BCUT2D eigenvalue weighted by Crippen LogP contribution is 2.27. The van der Waals surface area contributed by atoms with Crippen molar-refractivity contribution in [2.24, 2.45) is 0 Å². The second-order valence-electron chi connectivity index (χ2n) is 3.69. The van der Waals surface area contributed by atoms with Crippen molar-refractivity contribution in [3.63, 3.8) is 0 Å². The summed E-state index contributed by atoms with van der Waals surface area (Å²) in [6, 6.07) is 9.44. The Morgan fingerprint density at radius 2 is 2.11 bits per heavy atom. The van der Waals surface area contributed by atoms with E-state index in [2.05, 4.69) is 32.7 Å². The van der Waals surface area contributed by atoms with Gasteiger partial charge in [-0.3, -0.25) is 0 Å². The monoisotopic (exact) mass is 369 g/mol. The molecule has 0 bridgehead atoms. The van der Waals surface area contributed by atoms with Crippen LogP contribution in [0.15, 0.2) is 40.2 Å². The molecule has 0 amide bonds. The highest BCUT2D eigenvalue weighted by Gasteiger charge is 2.11. The lowest BCUT2D eigenvalue weighted by molar-refractivity contribution is 0.432. The molecule has 0 spiro atoms. The molecule has 2 N–H and O–H groups in total. The van der Waals surface area contributed by atoms with Gasteiger partial charge in [0.05, 0.1) is 8.45 Å². The lowest BCUT2D eigenvalue weighted by atomic mass is 10.2. The van der Waals surface area contributed by atoms with Crippen molar-refractivity contribution in [1.82, 2.24) is 10.1 Å². The second kappa shape index (κ2) is 4.69. The van der Waals surface area contributed by atoms with Crippen molar-refractivity contribution in [1.29, 1.82) is 0 Å². The van der Waals surface area contributed by atoms with E-state index in [0.29, 0.717) is 17.4 Å². The number of nitrogens with two attached hydrogens (primary N) is 1. The summed E-state index contributed by atoms with van der Waals surface area (Å²) < 4.78 is 6.45. The molecule has 1 aromatic carbocycles. The largest absolute Gasteiger partial charge is 0.399 e. The number of hydrogen-bond donors (Lipinski definition) is 1. The van der Waals surface area contributed by atoms with Crippen LogP contribution < -0.4 is 5.73 Å². The molecule has 0 saturated heterocycles. The van der Waals surface area contributed by atoms with Crippen LogP contribution in [0, 0.1) is 2.88 Å². The Bertz CT molecular complexity index is 692. The summed E-state index contributed by atoms with van der Waals surface area (Å²) >= 11 is 3.91. The summed E-state index contributed by atoms with van der Waals surface area (Å²) in [6.45, 7) is 0. The number of thiophene rings is 1. The van der Waals surface area contributed by atoms with E-state index in [1.807, 2.05) is 35.7 Å². The molecule has 6 heteroatoms. The van der Waals surface area contributed by atoms with Gasteiger partial charge in [0.15, 0.2) is 0 Å². The fourth-order valence-electron chi connectivity index (χ4n) is 1.56. The number of halogens is 1. The van der Waals surface area contributed by atoms with Gasteiger partial charge in [0, 0.05) is 16.6 Å². The van der Waals surface area contributed by atoms with Crippen LogP contribution in [0.1, 0.15) is 0 Å². The average molecular weight is 369 g/mol. The zero-order valence-corrected chi connectivity index (χ0v) is 12.1. The lowest BCUT2D eigenvalue weighted by Gasteiger charge is -1.95. The van der Waals surface area contributed by atoms with Crippen molar-refractivity contribution in [3.05, 3.63) is 38.6 Å². The summed E-state index contributed by atoms with van der Waals surface area (Å²) in [5, 5.41) is 5.97. The van der Waals surface area contributed by atoms with Crippen LogP contribution in [-0.2, 0) is 0 Å². The quantitative estimate of drug-likeness (QED) is 0.553. The van der Waals surface area contributed by atoms with Crippen molar-refractivity contribution in [3.8, 4) is 22.8 Å². The molecule has 0 atom stereocenters. The summed E-state index contributed by atoms with van der Waals surface area (Å²) in [5.41, 5.74) is 8.22. The minimum atomic E-state index is 0.534. The maximum Gasteiger partial charge on any atom is 0.259 e. The molecule has 0 fully saturated rings. The minimum Gasteiger partial charge on any atom is -0.399 e. The number of nitrogen functional groups attached to an aromatic ring is 1. The Morgan fingerprint density at radius 3 is 2.83 bits per heavy atom. The number of aromatic nitrogens is 2. The SMILES string of the molecule is Nc1cccc(-c2noc(-c3csc(I)c3)n2)c1. The molecule has 18 heavy (non-hydrogen) atoms. The van der Waals surface area contributed by atoms with Crippen molar-refractivity contribution < 1.29 is 4.52 Å². The van der Waals surface area contributed by atoms with Gasteiger partial charge in [-0.25, -0.2) is 0 Å². The lowest BCUT2D eigenvalue weighted by Crippen LogP contribution is -1.86. The molecule has 0 aliphatic heterocycles.